The summed E-state index contributed by atoms with van der Waals surface area (Å²) in [6.45, 7) is 3.18. The fraction of sp³-hybridized carbons (Fsp3) is 0.538. The lowest BCUT2D eigenvalue weighted by Crippen LogP contribution is -2.46. The van der Waals surface area contributed by atoms with Crippen molar-refractivity contribution >= 4 is 5.91 Å². The number of nitrogens with zero attached hydrogens (tertiary/aromatic N) is 3. The Balaban J connectivity index is 1.91. The largest absolute Gasteiger partial charge is 0.374 e. The smallest absolute Gasteiger partial charge is 0.253 e. The number of carbonyl (C=O) groups excluding carboxylic acids is 1. The Hall–Kier alpha value is -1.46. The predicted octanol–water partition coefficient (Wildman–Crippen LogP) is 0.484. The molecule has 1 aliphatic rings. The Labute approximate surface area is 107 Å². The standard InChI is InChI=1S/C13H19N3O2/c1-15-7-8-18-12(9-15)10-16(2)13(17)11-3-5-14-6-4-11/h3-6,12H,7-10H2,1-2H3. The first kappa shape index (κ1) is 13.0. The van der Waals surface area contributed by atoms with E-state index in [-0.39, 0.29) is 12.0 Å². The lowest BCUT2D eigenvalue weighted by atomic mass is 10.2. The molecule has 2 heterocycles. The molecule has 1 unspecified atom stereocenters. The second kappa shape index (κ2) is 5.93. The topological polar surface area (TPSA) is 45.7 Å². The first-order valence-electron chi connectivity index (χ1n) is 6.12. The van der Waals surface area contributed by atoms with Crippen LogP contribution < -0.4 is 0 Å². The quantitative estimate of drug-likeness (QED) is 0.782. The van der Waals surface area contributed by atoms with Crippen LogP contribution in [0.1, 0.15) is 10.4 Å². The van der Waals surface area contributed by atoms with Gasteiger partial charge < -0.3 is 14.5 Å². The Morgan fingerprint density at radius 3 is 2.94 bits per heavy atom. The summed E-state index contributed by atoms with van der Waals surface area (Å²) in [4.78, 5) is 20.0. The van der Waals surface area contributed by atoms with Crippen LogP contribution in [0, 0.1) is 0 Å². The van der Waals surface area contributed by atoms with Gasteiger partial charge in [0.2, 0.25) is 0 Å². The third-order valence-corrected chi connectivity index (χ3v) is 3.09. The normalized spacial score (nSPS) is 20.7. The van der Waals surface area contributed by atoms with Gasteiger partial charge in [0.15, 0.2) is 0 Å². The van der Waals surface area contributed by atoms with Crippen molar-refractivity contribution in [2.75, 3.05) is 40.3 Å². The van der Waals surface area contributed by atoms with Gasteiger partial charge in [-0.2, -0.15) is 0 Å². The van der Waals surface area contributed by atoms with Gasteiger partial charge in [-0.15, -0.1) is 0 Å². The molecule has 1 atom stereocenters. The minimum Gasteiger partial charge on any atom is -0.374 e. The highest BCUT2D eigenvalue weighted by atomic mass is 16.5. The zero-order valence-electron chi connectivity index (χ0n) is 10.9. The zero-order chi connectivity index (χ0) is 13.0. The predicted molar refractivity (Wildman–Crippen MR) is 68.4 cm³/mol. The summed E-state index contributed by atoms with van der Waals surface area (Å²) in [6.07, 6.45) is 3.36. The minimum atomic E-state index is 0.00854. The van der Waals surface area contributed by atoms with Gasteiger partial charge in [0.05, 0.1) is 12.7 Å². The molecule has 5 nitrogen and oxygen atoms in total. The molecule has 0 saturated carbocycles. The maximum absolute atomic E-state index is 12.1. The van der Waals surface area contributed by atoms with Crippen molar-refractivity contribution in [2.24, 2.45) is 0 Å². The molecule has 1 amide bonds. The van der Waals surface area contributed by atoms with Crippen LogP contribution in [0.5, 0.6) is 0 Å². The van der Waals surface area contributed by atoms with Crippen molar-refractivity contribution in [1.29, 1.82) is 0 Å². The summed E-state index contributed by atoms with van der Waals surface area (Å²) >= 11 is 0. The van der Waals surface area contributed by atoms with Crippen molar-refractivity contribution in [2.45, 2.75) is 6.10 Å². The highest BCUT2D eigenvalue weighted by Crippen LogP contribution is 2.07. The van der Waals surface area contributed by atoms with Gasteiger partial charge in [-0.3, -0.25) is 9.78 Å². The molecule has 0 aromatic carbocycles. The number of hydrogen-bond donors (Lipinski definition) is 0. The van der Waals surface area contributed by atoms with Crippen LogP contribution in [0.15, 0.2) is 24.5 Å². The van der Waals surface area contributed by atoms with E-state index < -0.39 is 0 Å². The van der Waals surface area contributed by atoms with Gasteiger partial charge in [-0.05, 0) is 19.2 Å². The molecule has 2 rings (SSSR count). The van der Waals surface area contributed by atoms with E-state index >= 15 is 0 Å². The van der Waals surface area contributed by atoms with Gasteiger partial charge in [0.1, 0.15) is 0 Å². The van der Waals surface area contributed by atoms with Crippen molar-refractivity contribution in [1.82, 2.24) is 14.8 Å². The van der Waals surface area contributed by atoms with Gasteiger partial charge in [-0.1, -0.05) is 0 Å². The number of rotatable bonds is 3. The second-order valence-electron chi connectivity index (χ2n) is 4.68. The molecule has 0 N–H and O–H groups in total. The third-order valence-electron chi connectivity index (χ3n) is 3.09. The molecule has 1 aromatic rings. The molecule has 1 aromatic heterocycles. The summed E-state index contributed by atoms with van der Waals surface area (Å²) in [5, 5.41) is 0. The molecule has 0 radical (unpaired) electrons. The number of ether oxygens (including phenoxy) is 1. The molecule has 0 spiro atoms. The summed E-state index contributed by atoms with van der Waals surface area (Å²) in [7, 11) is 3.88. The van der Waals surface area contributed by atoms with Crippen molar-refractivity contribution in [3.63, 3.8) is 0 Å². The summed E-state index contributed by atoms with van der Waals surface area (Å²) < 4.78 is 5.66. The SMILES string of the molecule is CN1CCOC(CN(C)C(=O)c2ccncc2)C1. The molecular weight excluding hydrogens is 230 g/mol. The third kappa shape index (κ3) is 3.27. The number of pyridine rings is 1. The van der Waals surface area contributed by atoms with Gasteiger partial charge in [-0.25, -0.2) is 0 Å². The van der Waals surface area contributed by atoms with E-state index in [9.17, 15) is 4.79 Å². The first-order valence-corrected chi connectivity index (χ1v) is 6.12. The Kier molecular flexibility index (Phi) is 4.28. The van der Waals surface area contributed by atoms with E-state index in [1.165, 1.54) is 0 Å². The molecule has 18 heavy (non-hydrogen) atoms. The average Bonchev–Trinajstić information content (AvgIpc) is 2.39. The van der Waals surface area contributed by atoms with Gasteiger partial charge in [0, 0.05) is 44.6 Å². The number of carbonyl (C=O) groups is 1. The molecular formula is C13H19N3O2. The van der Waals surface area contributed by atoms with Crippen LogP contribution in [0.4, 0.5) is 0 Å². The molecule has 98 valence electrons. The molecule has 1 saturated heterocycles. The average molecular weight is 249 g/mol. The van der Waals surface area contributed by atoms with Crippen LogP contribution in [-0.4, -0.2) is 67.1 Å². The first-order chi connectivity index (χ1) is 8.66. The van der Waals surface area contributed by atoms with Crippen LogP contribution in [-0.2, 0) is 4.74 Å². The fourth-order valence-corrected chi connectivity index (χ4v) is 2.08. The summed E-state index contributed by atoms with van der Waals surface area (Å²) in [5.74, 6) is 0.00854. The maximum atomic E-state index is 12.1. The Morgan fingerprint density at radius 1 is 1.56 bits per heavy atom. The molecule has 0 aliphatic carbocycles. The zero-order valence-corrected chi connectivity index (χ0v) is 10.9. The van der Waals surface area contributed by atoms with E-state index in [1.54, 1.807) is 36.5 Å². The summed E-state index contributed by atoms with van der Waals surface area (Å²) in [6, 6.07) is 3.46. The Morgan fingerprint density at radius 2 is 2.28 bits per heavy atom. The van der Waals surface area contributed by atoms with E-state index in [0.717, 1.165) is 19.7 Å². The van der Waals surface area contributed by atoms with Crippen molar-refractivity contribution in [3.8, 4) is 0 Å². The van der Waals surface area contributed by atoms with Gasteiger partial charge in [0.25, 0.3) is 5.91 Å². The van der Waals surface area contributed by atoms with Crippen molar-refractivity contribution < 1.29 is 9.53 Å². The number of aromatic nitrogens is 1. The number of likely N-dealkylation sites (N-methyl/N-ethyl adjacent to an activating group) is 2. The van der Waals surface area contributed by atoms with Crippen molar-refractivity contribution in [3.05, 3.63) is 30.1 Å². The lowest BCUT2D eigenvalue weighted by molar-refractivity contribution is -0.0301. The van der Waals surface area contributed by atoms with Crippen LogP contribution in [0.2, 0.25) is 0 Å². The van der Waals surface area contributed by atoms with E-state index in [1.807, 2.05) is 0 Å². The molecule has 0 bridgehead atoms. The van der Waals surface area contributed by atoms with Gasteiger partial charge >= 0.3 is 0 Å². The maximum Gasteiger partial charge on any atom is 0.253 e. The second-order valence-corrected chi connectivity index (χ2v) is 4.68. The number of morpholine rings is 1. The minimum absolute atomic E-state index is 0.00854. The van der Waals surface area contributed by atoms with Crippen LogP contribution in [0.3, 0.4) is 0 Å². The molecule has 5 heteroatoms. The Bertz CT molecular complexity index is 396. The highest BCUT2D eigenvalue weighted by Gasteiger charge is 2.21. The van der Waals surface area contributed by atoms with Crippen LogP contribution >= 0.6 is 0 Å². The monoisotopic (exact) mass is 249 g/mol. The van der Waals surface area contributed by atoms with E-state index in [4.69, 9.17) is 4.74 Å². The fourth-order valence-electron chi connectivity index (χ4n) is 2.08. The number of amides is 1. The lowest BCUT2D eigenvalue weighted by Gasteiger charge is -2.32. The molecule has 1 aliphatic heterocycles. The highest BCUT2D eigenvalue weighted by molar-refractivity contribution is 5.93. The van der Waals surface area contributed by atoms with E-state index in [0.29, 0.717) is 12.1 Å². The number of hydrogen-bond acceptors (Lipinski definition) is 4. The van der Waals surface area contributed by atoms with E-state index in [2.05, 4.69) is 16.9 Å². The molecule has 1 fully saturated rings. The van der Waals surface area contributed by atoms with Crippen LogP contribution in [0.25, 0.3) is 0 Å². The summed E-state index contributed by atoms with van der Waals surface area (Å²) in [5.41, 5.74) is 0.664.